The number of carbonyl (C=O) groups is 3. The number of rotatable bonds is 9. The molecule has 3 amide bonds. The van der Waals surface area contributed by atoms with Gasteiger partial charge in [0.05, 0.1) is 0 Å². The molecule has 6 nitrogen and oxygen atoms in total. The van der Waals surface area contributed by atoms with Gasteiger partial charge < -0.3 is 10.2 Å². The van der Waals surface area contributed by atoms with Gasteiger partial charge in [0.1, 0.15) is 6.04 Å². The van der Waals surface area contributed by atoms with E-state index >= 15 is 0 Å². The molecule has 1 saturated heterocycles. The zero-order chi connectivity index (χ0) is 26.6. The maximum absolute atomic E-state index is 13.1. The fraction of sp³-hybridized carbons (Fsp3) is 0.531. The molecule has 6 aliphatic rings. The second kappa shape index (κ2) is 10.1. The Hall–Kier alpha value is -2.64. The van der Waals surface area contributed by atoms with E-state index in [1.165, 1.54) is 49.8 Å². The molecular formula is C32H37N3O3S. The fourth-order valence-corrected chi connectivity index (χ4v) is 9.52. The molecule has 2 aliphatic heterocycles. The van der Waals surface area contributed by atoms with Gasteiger partial charge in [0, 0.05) is 35.7 Å². The number of benzene rings is 2. The van der Waals surface area contributed by atoms with Crippen molar-refractivity contribution in [3.05, 3.63) is 64.7 Å². The van der Waals surface area contributed by atoms with Crippen molar-refractivity contribution in [3.8, 4) is 0 Å². The average Bonchev–Trinajstić information content (AvgIpc) is 3.48. The minimum atomic E-state index is -0.578. The van der Waals surface area contributed by atoms with E-state index in [1.54, 1.807) is 16.7 Å². The van der Waals surface area contributed by atoms with Crippen LogP contribution in [0.25, 0.3) is 0 Å². The topological polar surface area (TPSA) is 78.5 Å². The van der Waals surface area contributed by atoms with E-state index in [2.05, 4.69) is 41.0 Å². The van der Waals surface area contributed by atoms with E-state index in [1.807, 2.05) is 12.1 Å². The monoisotopic (exact) mass is 543 g/mol. The first-order valence-corrected chi connectivity index (χ1v) is 15.6. The Labute approximate surface area is 234 Å². The smallest absolute Gasteiger partial charge is 0.255 e. The van der Waals surface area contributed by atoms with Gasteiger partial charge in [-0.05, 0) is 103 Å². The molecule has 0 aromatic heterocycles. The first-order valence-electron chi connectivity index (χ1n) is 14.7. The lowest BCUT2D eigenvalue weighted by Gasteiger charge is -2.33. The summed E-state index contributed by atoms with van der Waals surface area (Å²) in [5, 5.41) is 6.20. The Morgan fingerprint density at radius 2 is 1.74 bits per heavy atom. The van der Waals surface area contributed by atoms with E-state index in [0.717, 1.165) is 46.9 Å². The van der Waals surface area contributed by atoms with E-state index in [0.29, 0.717) is 23.9 Å². The highest BCUT2D eigenvalue weighted by molar-refractivity contribution is 7.98. The normalized spacial score (nSPS) is 30.8. The Bertz CT molecular complexity index is 1290. The molecule has 3 atom stereocenters. The van der Waals surface area contributed by atoms with Crippen molar-refractivity contribution in [1.82, 2.24) is 15.5 Å². The van der Waals surface area contributed by atoms with E-state index in [9.17, 15) is 14.4 Å². The van der Waals surface area contributed by atoms with Crippen LogP contribution in [0.2, 0.25) is 0 Å². The van der Waals surface area contributed by atoms with Gasteiger partial charge in [0.25, 0.3) is 5.91 Å². The van der Waals surface area contributed by atoms with Crippen molar-refractivity contribution in [3.63, 3.8) is 0 Å². The van der Waals surface area contributed by atoms with Crippen molar-refractivity contribution in [1.29, 1.82) is 0 Å². The molecule has 4 aliphatic carbocycles. The number of hydrogen-bond acceptors (Lipinski definition) is 5. The van der Waals surface area contributed by atoms with Crippen LogP contribution in [0.5, 0.6) is 0 Å². The average molecular weight is 544 g/mol. The van der Waals surface area contributed by atoms with Crippen molar-refractivity contribution < 1.29 is 14.4 Å². The summed E-state index contributed by atoms with van der Waals surface area (Å²) in [5.41, 5.74) is 4.92. The summed E-state index contributed by atoms with van der Waals surface area (Å²) in [6.45, 7) is 2.68. The Morgan fingerprint density at radius 1 is 0.974 bits per heavy atom. The van der Waals surface area contributed by atoms with Gasteiger partial charge >= 0.3 is 0 Å². The van der Waals surface area contributed by atoms with Crippen LogP contribution in [0, 0.1) is 23.2 Å². The summed E-state index contributed by atoms with van der Waals surface area (Å²) in [4.78, 5) is 39.7. The zero-order valence-electron chi connectivity index (χ0n) is 22.4. The van der Waals surface area contributed by atoms with Crippen molar-refractivity contribution in [2.45, 2.75) is 74.6 Å². The third kappa shape index (κ3) is 4.71. The van der Waals surface area contributed by atoms with Crippen LogP contribution in [0.15, 0.2) is 47.4 Å². The second-order valence-electron chi connectivity index (χ2n) is 12.6. The van der Waals surface area contributed by atoms with Crippen LogP contribution in [0.1, 0.15) is 72.0 Å². The number of amides is 3. The lowest BCUT2D eigenvalue weighted by atomic mass is 9.75. The molecule has 4 bridgehead atoms. The molecule has 7 heteroatoms. The van der Waals surface area contributed by atoms with Crippen LogP contribution >= 0.6 is 11.8 Å². The lowest BCUT2D eigenvalue weighted by Crippen LogP contribution is -2.52. The quantitative estimate of drug-likeness (QED) is 0.272. The first-order chi connectivity index (χ1) is 19.0. The third-order valence-electron chi connectivity index (χ3n) is 10.2. The second-order valence-corrected chi connectivity index (χ2v) is 13.6. The summed E-state index contributed by atoms with van der Waals surface area (Å²) in [6.07, 6.45) is 9.17. The molecule has 2 aromatic carbocycles. The van der Waals surface area contributed by atoms with Gasteiger partial charge in [-0.3, -0.25) is 19.7 Å². The Kier molecular flexibility index (Phi) is 6.55. The first kappa shape index (κ1) is 25.3. The number of thioether (sulfide) groups is 1. The lowest BCUT2D eigenvalue weighted by molar-refractivity contribution is -0.136. The van der Waals surface area contributed by atoms with Gasteiger partial charge in [-0.1, -0.05) is 30.3 Å². The number of carbonyl (C=O) groups excluding carboxylic acids is 3. The predicted molar refractivity (Wildman–Crippen MR) is 151 cm³/mol. The molecule has 39 heavy (non-hydrogen) atoms. The van der Waals surface area contributed by atoms with Crippen LogP contribution in [0.4, 0.5) is 0 Å². The molecule has 204 valence electrons. The third-order valence-corrected chi connectivity index (χ3v) is 11.4. The molecule has 8 rings (SSSR count). The number of nitrogens with zero attached hydrogens (tertiary/aromatic N) is 1. The Balaban J connectivity index is 0.916. The van der Waals surface area contributed by atoms with Gasteiger partial charge in [-0.2, -0.15) is 0 Å². The summed E-state index contributed by atoms with van der Waals surface area (Å²) in [7, 11) is 0. The van der Waals surface area contributed by atoms with Crippen molar-refractivity contribution >= 4 is 29.5 Å². The SMILES string of the molecule is O=C1CCC(N2Cc3c(SCc4ccc(CCNCC56CC7CC(CC5C7)C6)cc4)cccc3C2=O)C(=O)N1. The van der Waals surface area contributed by atoms with Gasteiger partial charge in [-0.15, -0.1) is 11.8 Å². The molecule has 2 heterocycles. The van der Waals surface area contributed by atoms with Crippen LogP contribution in [-0.2, 0) is 28.3 Å². The molecule has 0 radical (unpaired) electrons. The van der Waals surface area contributed by atoms with Gasteiger partial charge in [0.2, 0.25) is 11.8 Å². The highest BCUT2D eigenvalue weighted by atomic mass is 32.2. The minimum absolute atomic E-state index is 0.118. The maximum atomic E-state index is 13.1. The standard InChI is InChI=1S/C32H37N3O3S/c36-29-9-8-27(30(37)34-29)35-17-26-25(31(35)38)2-1-3-28(26)39-18-21-6-4-20(5-7-21)10-11-33-19-32-15-22-12-23(16-32)14-24(32)13-22/h1-7,22-24,27,33H,8-19H2,(H,34,36,37). The predicted octanol–water partition coefficient (Wildman–Crippen LogP) is 4.70. The van der Waals surface area contributed by atoms with Gasteiger partial charge in [-0.25, -0.2) is 0 Å². The summed E-state index contributed by atoms with van der Waals surface area (Å²) in [5.74, 6) is 3.12. The largest absolute Gasteiger partial charge is 0.322 e. The van der Waals surface area contributed by atoms with Crippen molar-refractivity contribution in [2.75, 3.05) is 13.1 Å². The fourth-order valence-electron chi connectivity index (χ4n) is 8.48. The van der Waals surface area contributed by atoms with E-state index in [-0.39, 0.29) is 24.1 Å². The van der Waals surface area contributed by atoms with Gasteiger partial charge in [0.15, 0.2) is 0 Å². The zero-order valence-corrected chi connectivity index (χ0v) is 23.2. The summed E-state index contributed by atoms with van der Waals surface area (Å²) < 4.78 is 0. The molecule has 4 saturated carbocycles. The van der Waals surface area contributed by atoms with Crippen LogP contribution in [0.3, 0.4) is 0 Å². The van der Waals surface area contributed by atoms with E-state index < -0.39 is 6.04 Å². The number of nitrogens with one attached hydrogen (secondary N) is 2. The minimum Gasteiger partial charge on any atom is -0.322 e. The van der Waals surface area contributed by atoms with Crippen LogP contribution < -0.4 is 10.6 Å². The highest BCUT2D eigenvalue weighted by Gasteiger charge is 2.57. The molecule has 2 aromatic rings. The maximum Gasteiger partial charge on any atom is 0.255 e. The number of piperidine rings is 1. The number of hydrogen-bond donors (Lipinski definition) is 2. The molecular weight excluding hydrogens is 506 g/mol. The number of fused-ring (bicyclic) bond motifs is 1. The molecule has 0 spiro atoms. The molecule has 2 N–H and O–H groups in total. The summed E-state index contributed by atoms with van der Waals surface area (Å²) >= 11 is 1.74. The van der Waals surface area contributed by atoms with E-state index in [4.69, 9.17) is 0 Å². The molecule has 5 fully saturated rings. The highest BCUT2D eigenvalue weighted by Crippen LogP contribution is 2.65. The van der Waals surface area contributed by atoms with Crippen LogP contribution in [-0.4, -0.2) is 41.8 Å². The molecule has 3 unspecified atom stereocenters. The number of imide groups is 1. The Morgan fingerprint density at radius 3 is 2.51 bits per heavy atom. The van der Waals surface area contributed by atoms with Crippen molar-refractivity contribution in [2.24, 2.45) is 23.2 Å². The summed E-state index contributed by atoms with van der Waals surface area (Å²) in [6, 6.07) is 14.2.